The van der Waals surface area contributed by atoms with E-state index in [4.69, 9.17) is 5.73 Å². The first-order chi connectivity index (χ1) is 10.1. The van der Waals surface area contributed by atoms with Gasteiger partial charge in [0.25, 0.3) is 0 Å². The summed E-state index contributed by atoms with van der Waals surface area (Å²) in [6, 6.07) is 4.08. The van der Waals surface area contributed by atoms with Gasteiger partial charge in [-0.1, -0.05) is 6.07 Å². The molecule has 2 aliphatic rings. The van der Waals surface area contributed by atoms with Crippen LogP contribution in [0.4, 0.5) is 0 Å². The van der Waals surface area contributed by atoms with Crippen LogP contribution in [-0.4, -0.2) is 34.0 Å². The largest absolute Gasteiger partial charge is 0.387 e. The maximum atomic E-state index is 12.5. The molecule has 0 radical (unpaired) electrons. The Morgan fingerprint density at radius 3 is 2.86 bits per heavy atom. The quantitative estimate of drug-likeness (QED) is 0.863. The van der Waals surface area contributed by atoms with Crippen LogP contribution in [0.3, 0.4) is 0 Å². The average molecular weight is 345 g/mol. The SMILES string of the molecule is Cl.NC1(CC(=O)N2CCCC2CC(O)c2cccs2)CCC1. The molecular formula is C16H25ClN2O2S. The minimum atomic E-state index is -0.459. The molecule has 6 heteroatoms. The van der Waals surface area contributed by atoms with E-state index in [9.17, 15) is 9.90 Å². The summed E-state index contributed by atoms with van der Waals surface area (Å²) in [6.45, 7) is 0.816. The molecule has 124 valence electrons. The fourth-order valence-corrected chi connectivity index (χ4v) is 4.20. The van der Waals surface area contributed by atoms with Crippen LogP contribution in [0.5, 0.6) is 0 Å². The summed E-state index contributed by atoms with van der Waals surface area (Å²) in [6.07, 6.45) is 5.76. The number of rotatable bonds is 5. The number of halogens is 1. The number of amides is 1. The zero-order chi connectivity index (χ0) is 14.9. The second-order valence-corrected chi connectivity index (χ2v) is 7.52. The molecule has 4 nitrogen and oxygen atoms in total. The molecule has 22 heavy (non-hydrogen) atoms. The van der Waals surface area contributed by atoms with Crippen molar-refractivity contribution >= 4 is 29.7 Å². The molecule has 1 aromatic heterocycles. The van der Waals surface area contributed by atoms with E-state index in [-0.39, 0.29) is 29.9 Å². The van der Waals surface area contributed by atoms with E-state index in [1.807, 2.05) is 22.4 Å². The van der Waals surface area contributed by atoms with Gasteiger partial charge in [-0.05, 0) is 50.0 Å². The van der Waals surface area contributed by atoms with E-state index in [0.29, 0.717) is 12.8 Å². The summed E-state index contributed by atoms with van der Waals surface area (Å²) < 4.78 is 0. The fraction of sp³-hybridized carbons (Fsp3) is 0.688. The van der Waals surface area contributed by atoms with Crippen molar-refractivity contribution in [2.75, 3.05) is 6.54 Å². The highest BCUT2D eigenvalue weighted by Crippen LogP contribution is 2.35. The molecule has 1 aliphatic carbocycles. The average Bonchev–Trinajstić information content (AvgIpc) is 3.07. The number of aliphatic hydroxyl groups excluding tert-OH is 1. The topological polar surface area (TPSA) is 66.6 Å². The highest BCUT2D eigenvalue weighted by atomic mass is 35.5. The Balaban J connectivity index is 0.00000176. The van der Waals surface area contributed by atoms with Gasteiger partial charge in [0.1, 0.15) is 0 Å². The van der Waals surface area contributed by atoms with Crippen molar-refractivity contribution in [1.29, 1.82) is 0 Å². The molecule has 0 bridgehead atoms. The maximum Gasteiger partial charge on any atom is 0.224 e. The van der Waals surface area contributed by atoms with Crippen LogP contribution in [0, 0.1) is 0 Å². The van der Waals surface area contributed by atoms with Crippen LogP contribution in [0.15, 0.2) is 17.5 Å². The summed E-state index contributed by atoms with van der Waals surface area (Å²) in [5.41, 5.74) is 5.95. The first-order valence-electron chi connectivity index (χ1n) is 7.87. The lowest BCUT2D eigenvalue weighted by atomic mass is 9.75. The van der Waals surface area contributed by atoms with Gasteiger partial charge < -0.3 is 15.7 Å². The minimum absolute atomic E-state index is 0. The Bertz CT molecular complexity index is 490. The summed E-state index contributed by atoms with van der Waals surface area (Å²) in [5.74, 6) is 0.179. The molecule has 0 aromatic carbocycles. The van der Waals surface area contributed by atoms with Gasteiger partial charge in [-0.2, -0.15) is 0 Å². The highest BCUT2D eigenvalue weighted by molar-refractivity contribution is 7.10. The normalized spacial score (nSPS) is 24.5. The van der Waals surface area contributed by atoms with Crippen LogP contribution in [-0.2, 0) is 4.79 Å². The second-order valence-electron chi connectivity index (χ2n) is 6.54. The second kappa shape index (κ2) is 7.30. The van der Waals surface area contributed by atoms with Crippen LogP contribution in [0.25, 0.3) is 0 Å². The van der Waals surface area contributed by atoms with E-state index < -0.39 is 6.10 Å². The number of nitrogens with zero attached hydrogens (tertiary/aromatic N) is 1. The van der Waals surface area contributed by atoms with E-state index in [1.165, 1.54) is 0 Å². The van der Waals surface area contributed by atoms with E-state index in [0.717, 1.165) is 43.5 Å². The van der Waals surface area contributed by atoms with Gasteiger partial charge in [-0.3, -0.25) is 4.79 Å². The number of aliphatic hydroxyl groups is 1. The first-order valence-corrected chi connectivity index (χ1v) is 8.75. The molecule has 2 unspecified atom stereocenters. The van der Waals surface area contributed by atoms with E-state index in [2.05, 4.69) is 0 Å². The van der Waals surface area contributed by atoms with Gasteiger partial charge in [-0.25, -0.2) is 0 Å². The lowest BCUT2D eigenvalue weighted by molar-refractivity contribution is -0.134. The van der Waals surface area contributed by atoms with Crippen LogP contribution in [0.2, 0.25) is 0 Å². The summed E-state index contributed by atoms with van der Waals surface area (Å²) in [5, 5.41) is 12.3. The third-order valence-corrected chi connectivity index (χ3v) is 5.89. The van der Waals surface area contributed by atoms with Gasteiger partial charge in [-0.15, -0.1) is 23.7 Å². The zero-order valence-electron chi connectivity index (χ0n) is 12.7. The van der Waals surface area contributed by atoms with Gasteiger partial charge in [0, 0.05) is 29.4 Å². The van der Waals surface area contributed by atoms with Gasteiger partial charge in [0.15, 0.2) is 0 Å². The maximum absolute atomic E-state index is 12.5. The number of hydrogen-bond acceptors (Lipinski definition) is 4. The Kier molecular flexibility index (Phi) is 5.88. The van der Waals surface area contributed by atoms with E-state index >= 15 is 0 Å². The standard InChI is InChI=1S/C16H24N2O2S.ClH/c17-16(6-3-7-16)11-15(20)18-8-1-4-12(18)10-13(19)14-5-2-9-21-14;/h2,5,9,12-13,19H,1,3-4,6-8,10-11,17H2;1H. The third kappa shape index (κ3) is 3.82. The van der Waals surface area contributed by atoms with Crippen molar-refractivity contribution in [2.45, 2.75) is 62.6 Å². The van der Waals surface area contributed by atoms with Gasteiger partial charge in [0.05, 0.1) is 6.10 Å². The molecule has 1 aliphatic heterocycles. The summed E-state index contributed by atoms with van der Waals surface area (Å²) in [7, 11) is 0. The molecule has 2 heterocycles. The fourth-order valence-electron chi connectivity index (χ4n) is 3.47. The molecule has 1 saturated carbocycles. The number of thiophene rings is 1. The van der Waals surface area contributed by atoms with Gasteiger partial charge in [0.2, 0.25) is 5.91 Å². The summed E-state index contributed by atoms with van der Waals surface area (Å²) in [4.78, 5) is 15.5. The van der Waals surface area contributed by atoms with Crippen molar-refractivity contribution in [2.24, 2.45) is 5.73 Å². The van der Waals surface area contributed by atoms with Crippen molar-refractivity contribution in [3.63, 3.8) is 0 Å². The Morgan fingerprint density at radius 1 is 1.50 bits per heavy atom. The molecule has 1 saturated heterocycles. The molecule has 1 amide bonds. The number of carbonyl (C=O) groups excluding carboxylic acids is 1. The van der Waals surface area contributed by atoms with Crippen molar-refractivity contribution in [3.8, 4) is 0 Å². The molecular weight excluding hydrogens is 320 g/mol. The monoisotopic (exact) mass is 344 g/mol. The molecule has 3 N–H and O–H groups in total. The Morgan fingerprint density at radius 2 is 2.27 bits per heavy atom. The molecule has 3 rings (SSSR count). The summed E-state index contributed by atoms with van der Waals surface area (Å²) >= 11 is 1.57. The Labute approximate surface area is 142 Å². The van der Waals surface area contributed by atoms with Crippen molar-refractivity contribution in [1.82, 2.24) is 4.90 Å². The number of nitrogens with two attached hydrogens (primary N) is 1. The van der Waals surface area contributed by atoms with Crippen molar-refractivity contribution in [3.05, 3.63) is 22.4 Å². The lowest BCUT2D eigenvalue weighted by Gasteiger charge is -2.39. The van der Waals surface area contributed by atoms with Crippen LogP contribution in [0.1, 0.15) is 55.9 Å². The number of carbonyl (C=O) groups is 1. The smallest absolute Gasteiger partial charge is 0.224 e. The number of likely N-dealkylation sites (tertiary alicyclic amines) is 1. The van der Waals surface area contributed by atoms with Crippen LogP contribution < -0.4 is 5.73 Å². The Hall–Kier alpha value is -0.620. The first kappa shape index (κ1) is 17.7. The van der Waals surface area contributed by atoms with Crippen molar-refractivity contribution < 1.29 is 9.90 Å². The molecule has 2 fully saturated rings. The lowest BCUT2D eigenvalue weighted by Crippen LogP contribution is -2.51. The zero-order valence-corrected chi connectivity index (χ0v) is 14.4. The minimum Gasteiger partial charge on any atom is -0.387 e. The van der Waals surface area contributed by atoms with E-state index in [1.54, 1.807) is 11.3 Å². The van der Waals surface area contributed by atoms with Crippen LogP contribution >= 0.6 is 23.7 Å². The third-order valence-electron chi connectivity index (χ3n) is 4.92. The highest BCUT2D eigenvalue weighted by Gasteiger charge is 2.38. The predicted octanol–water partition coefficient (Wildman–Crippen LogP) is 2.86. The van der Waals surface area contributed by atoms with Gasteiger partial charge >= 0.3 is 0 Å². The molecule has 2 atom stereocenters. The molecule has 0 spiro atoms. The predicted molar refractivity (Wildman–Crippen MR) is 91.3 cm³/mol. The number of hydrogen-bond donors (Lipinski definition) is 2. The molecule has 1 aromatic rings.